The summed E-state index contributed by atoms with van der Waals surface area (Å²) in [4.78, 5) is 31.0. The fraction of sp³-hybridized carbons (Fsp3) is 0.188. The lowest BCUT2D eigenvalue weighted by molar-refractivity contribution is 0.483. The minimum atomic E-state index is -4.30. The van der Waals surface area contributed by atoms with Gasteiger partial charge < -0.3 is 0 Å². The summed E-state index contributed by atoms with van der Waals surface area (Å²) < 4.78 is 32.1. The van der Waals surface area contributed by atoms with E-state index in [1.807, 2.05) is 0 Å². The van der Waals surface area contributed by atoms with E-state index in [1.54, 1.807) is 20.8 Å². The van der Waals surface area contributed by atoms with Gasteiger partial charge in [-0.25, -0.2) is 4.98 Å². The van der Waals surface area contributed by atoms with Crippen LogP contribution in [0.3, 0.4) is 0 Å². The zero-order valence-corrected chi connectivity index (χ0v) is 15.9. The van der Waals surface area contributed by atoms with Crippen LogP contribution in [0.5, 0.6) is 0 Å². The molecule has 2 heterocycles. The lowest BCUT2D eigenvalue weighted by Crippen LogP contribution is -2.23. The predicted molar refractivity (Wildman–Crippen MR) is 99.4 cm³/mol. The maximum absolute atomic E-state index is 12.6. The van der Waals surface area contributed by atoms with Gasteiger partial charge in [0.15, 0.2) is 5.69 Å². The lowest BCUT2D eigenvalue weighted by atomic mass is 10.3. The van der Waals surface area contributed by atoms with Crippen molar-refractivity contribution in [2.45, 2.75) is 25.7 Å². The Labute approximate surface area is 158 Å². The second kappa shape index (κ2) is 6.98. The van der Waals surface area contributed by atoms with Crippen molar-refractivity contribution in [2.24, 2.45) is 10.2 Å². The van der Waals surface area contributed by atoms with E-state index in [9.17, 15) is 18.0 Å². The van der Waals surface area contributed by atoms with E-state index in [-0.39, 0.29) is 27.8 Å². The van der Waals surface area contributed by atoms with E-state index in [4.69, 9.17) is 4.55 Å². The molecule has 0 fully saturated rings. The Bertz CT molecular complexity index is 1300. The maximum atomic E-state index is 12.6. The van der Waals surface area contributed by atoms with Crippen molar-refractivity contribution in [3.05, 3.63) is 61.9 Å². The fourth-order valence-electron chi connectivity index (χ4n) is 2.33. The topological polar surface area (TPSA) is 163 Å². The number of hydrogen-bond donors (Lipinski definition) is 3. The van der Waals surface area contributed by atoms with E-state index in [0.717, 1.165) is 16.8 Å². The molecule has 11 nitrogen and oxygen atoms in total. The van der Waals surface area contributed by atoms with Crippen molar-refractivity contribution in [1.82, 2.24) is 19.7 Å². The number of azo groups is 1. The molecule has 1 aromatic carbocycles. The van der Waals surface area contributed by atoms with Gasteiger partial charge in [-0.3, -0.25) is 24.2 Å². The summed E-state index contributed by atoms with van der Waals surface area (Å²) in [6.45, 7) is 4.89. The van der Waals surface area contributed by atoms with Crippen molar-refractivity contribution >= 4 is 21.5 Å². The molecule has 0 amide bonds. The second-order valence-corrected chi connectivity index (χ2v) is 7.42. The van der Waals surface area contributed by atoms with E-state index in [2.05, 4.69) is 25.3 Å². The number of aromatic nitrogens is 4. The highest BCUT2D eigenvalue weighted by Crippen LogP contribution is 2.20. The van der Waals surface area contributed by atoms with Crippen molar-refractivity contribution < 1.29 is 13.0 Å². The molecule has 0 radical (unpaired) electrons. The molecule has 0 saturated carbocycles. The van der Waals surface area contributed by atoms with E-state index < -0.39 is 15.7 Å². The molecule has 2 aromatic heterocycles. The summed E-state index contributed by atoms with van der Waals surface area (Å²) in [5.41, 5.74) is 0.680. The number of nitrogens with one attached hydrogen (secondary N) is 2. The van der Waals surface area contributed by atoms with Crippen LogP contribution in [0.1, 0.15) is 17.0 Å². The molecule has 0 atom stereocenters. The minimum absolute atomic E-state index is 0.000247. The number of aromatic amines is 2. The van der Waals surface area contributed by atoms with Gasteiger partial charge in [-0.2, -0.15) is 18.2 Å². The Kier molecular flexibility index (Phi) is 4.83. The summed E-state index contributed by atoms with van der Waals surface area (Å²) in [5, 5.41) is 10.6. The zero-order chi connectivity index (χ0) is 20.6. The van der Waals surface area contributed by atoms with Crippen molar-refractivity contribution in [2.75, 3.05) is 0 Å². The van der Waals surface area contributed by atoms with E-state index in [0.29, 0.717) is 17.0 Å². The summed E-state index contributed by atoms with van der Waals surface area (Å²) in [6.07, 6.45) is 0. The highest BCUT2D eigenvalue weighted by Gasteiger charge is 2.15. The van der Waals surface area contributed by atoms with Crippen LogP contribution < -0.4 is 11.1 Å². The monoisotopic (exact) mass is 404 g/mol. The number of H-pyrrole nitrogens is 2. The highest BCUT2D eigenvalue weighted by molar-refractivity contribution is 7.85. The number of rotatable bonds is 4. The van der Waals surface area contributed by atoms with Gasteiger partial charge in [-0.15, -0.1) is 5.11 Å². The summed E-state index contributed by atoms with van der Waals surface area (Å²) >= 11 is 0. The third-order valence-electron chi connectivity index (χ3n) is 4.03. The smallest absolute Gasteiger partial charge is 0.291 e. The summed E-state index contributed by atoms with van der Waals surface area (Å²) in [5.74, 6) is 0.0279. The van der Waals surface area contributed by atoms with Crippen LogP contribution in [0.4, 0.5) is 11.4 Å². The number of hydrogen-bond acceptors (Lipinski definition) is 7. The Balaban J connectivity index is 1.98. The van der Waals surface area contributed by atoms with Crippen LogP contribution in [0, 0.1) is 20.8 Å². The molecule has 12 heteroatoms. The van der Waals surface area contributed by atoms with Gasteiger partial charge in [0.05, 0.1) is 16.3 Å². The van der Waals surface area contributed by atoms with E-state index >= 15 is 0 Å². The average Bonchev–Trinajstić information content (AvgIpc) is 2.91. The fourth-order valence-corrected chi connectivity index (χ4v) is 2.81. The predicted octanol–water partition coefficient (Wildman–Crippen LogP) is 1.84. The van der Waals surface area contributed by atoms with Gasteiger partial charge in [0.2, 0.25) is 5.95 Å². The van der Waals surface area contributed by atoms with Gasteiger partial charge >= 0.3 is 5.56 Å². The van der Waals surface area contributed by atoms with Crippen LogP contribution in [-0.4, -0.2) is 32.7 Å². The Morgan fingerprint density at radius 1 is 1.07 bits per heavy atom. The van der Waals surface area contributed by atoms with Gasteiger partial charge in [0, 0.05) is 11.3 Å². The van der Waals surface area contributed by atoms with Crippen LogP contribution in [0.2, 0.25) is 0 Å². The first-order valence-electron chi connectivity index (χ1n) is 7.96. The van der Waals surface area contributed by atoms with Crippen LogP contribution in [0.25, 0.3) is 5.95 Å². The molecule has 0 spiro atoms. The molecular weight excluding hydrogens is 388 g/mol. The largest absolute Gasteiger partial charge is 0.301 e. The normalized spacial score (nSPS) is 12.0. The van der Waals surface area contributed by atoms with Crippen LogP contribution in [0.15, 0.2) is 49.0 Å². The van der Waals surface area contributed by atoms with Gasteiger partial charge in [0.25, 0.3) is 15.7 Å². The van der Waals surface area contributed by atoms with Crippen molar-refractivity contribution in [3.8, 4) is 5.95 Å². The van der Waals surface area contributed by atoms with Crippen LogP contribution >= 0.6 is 0 Å². The summed E-state index contributed by atoms with van der Waals surface area (Å²) in [6, 6.07) is 4.98. The van der Waals surface area contributed by atoms with Gasteiger partial charge in [0.1, 0.15) is 0 Å². The molecule has 0 unspecified atom stereocenters. The Morgan fingerprint density at radius 2 is 1.71 bits per heavy atom. The SMILES string of the molecule is Cc1nc(-n2[nH]c(C)c(N=Nc3ccc(S(=O)(=O)O)cc3)c2=O)[nH]c(=O)c1C. The zero-order valence-electron chi connectivity index (χ0n) is 15.1. The quantitative estimate of drug-likeness (QED) is 0.444. The standard InChI is InChI=1S/C16H16N6O5S/c1-8-9(2)17-16(18-14(8)23)22-15(24)13(10(3)21-22)20-19-11-4-6-12(7-5-11)28(25,26)27/h4-7,21H,1-3H3,(H,17,18,23)(H,25,26,27). The first kappa shape index (κ1) is 19.4. The van der Waals surface area contributed by atoms with Gasteiger partial charge in [-0.1, -0.05) is 0 Å². The summed E-state index contributed by atoms with van der Waals surface area (Å²) in [7, 11) is -4.30. The van der Waals surface area contributed by atoms with Crippen molar-refractivity contribution in [1.29, 1.82) is 0 Å². The van der Waals surface area contributed by atoms with E-state index in [1.165, 1.54) is 12.1 Å². The third-order valence-corrected chi connectivity index (χ3v) is 4.90. The Morgan fingerprint density at radius 3 is 2.29 bits per heavy atom. The lowest BCUT2D eigenvalue weighted by Gasteiger charge is -2.03. The minimum Gasteiger partial charge on any atom is -0.291 e. The molecular formula is C16H16N6O5S. The molecule has 28 heavy (non-hydrogen) atoms. The molecule has 0 aliphatic rings. The van der Waals surface area contributed by atoms with Crippen LogP contribution in [-0.2, 0) is 10.1 Å². The number of nitrogens with zero attached hydrogens (tertiary/aromatic N) is 4. The molecule has 0 bridgehead atoms. The number of benzene rings is 1. The molecule has 0 aliphatic carbocycles. The second-order valence-electron chi connectivity index (χ2n) is 5.99. The van der Waals surface area contributed by atoms with Gasteiger partial charge in [-0.05, 0) is 45.0 Å². The first-order valence-corrected chi connectivity index (χ1v) is 9.40. The first-order chi connectivity index (χ1) is 13.1. The molecule has 3 aromatic rings. The molecule has 146 valence electrons. The maximum Gasteiger partial charge on any atom is 0.301 e. The number of aryl methyl sites for hydroxylation is 2. The average molecular weight is 404 g/mol. The highest BCUT2D eigenvalue weighted by atomic mass is 32.2. The molecule has 0 saturated heterocycles. The molecule has 3 N–H and O–H groups in total. The van der Waals surface area contributed by atoms with Crippen molar-refractivity contribution in [3.63, 3.8) is 0 Å². The Hall–Kier alpha value is -3.38. The molecule has 3 rings (SSSR count). The third kappa shape index (κ3) is 3.68. The molecule has 0 aliphatic heterocycles.